The van der Waals surface area contributed by atoms with Gasteiger partial charge in [-0.25, -0.2) is 4.39 Å². The zero-order valence-corrected chi connectivity index (χ0v) is 8.12. The van der Waals surface area contributed by atoms with Gasteiger partial charge in [0.25, 0.3) is 0 Å². The van der Waals surface area contributed by atoms with E-state index in [1.54, 1.807) is 19.3 Å². The van der Waals surface area contributed by atoms with E-state index in [1.165, 1.54) is 12.1 Å². The summed E-state index contributed by atoms with van der Waals surface area (Å²) in [5.41, 5.74) is 2.50. The molecular weight excluding hydrogens is 195 g/mol. The molecular formula is C11H9FN2O. The molecule has 0 aliphatic carbocycles. The average Bonchev–Trinajstić information content (AvgIpc) is 2.71. The van der Waals surface area contributed by atoms with Crippen LogP contribution in [-0.2, 0) is 0 Å². The van der Waals surface area contributed by atoms with Crippen LogP contribution >= 0.6 is 0 Å². The normalized spacial score (nSPS) is 10.3. The van der Waals surface area contributed by atoms with Crippen LogP contribution in [0.2, 0.25) is 0 Å². The molecule has 0 saturated carbocycles. The number of carbonyl (C=O) groups is 1. The number of nitrogens with one attached hydrogen (secondary N) is 1. The maximum Gasteiger partial charge on any atom is 0.153 e. The minimum atomic E-state index is -0.491. The molecule has 1 aromatic heterocycles. The first-order valence-electron chi connectivity index (χ1n) is 4.47. The molecule has 0 aliphatic rings. The molecule has 0 radical (unpaired) electrons. The molecule has 0 saturated heterocycles. The number of aromatic nitrogens is 2. The van der Waals surface area contributed by atoms with Crippen molar-refractivity contribution in [2.24, 2.45) is 0 Å². The topological polar surface area (TPSA) is 45.8 Å². The highest BCUT2D eigenvalue weighted by atomic mass is 19.1. The summed E-state index contributed by atoms with van der Waals surface area (Å²) in [5.74, 6) is -0.491. The van der Waals surface area contributed by atoms with Crippen LogP contribution in [-0.4, -0.2) is 16.5 Å². The predicted molar refractivity (Wildman–Crippen MR) is 54.1 cm³/mol. The van der Waals surface area contributed by atoms with Crippen LogP contribution in [0.3, 0.4) is 0 Å². The van der Waals surface area contributed by atoms with Crippen molar-refractivity contribution in [1.29, 1.82) is 0 Å². The minimum absolute atomic E-state index is 0.0665. The summed E-state index contributed by atoms with van der Waals surface area (Å²) in [6, 6.07) is 2.88. The molecule has 3 nitrogen and oxygen atoms in total. The molecule has 15 heavy (non-hydrogen) atoms. The van der Waals surface area contributed by atoms with E-state index in [0.29, 0.717) is 6.29 Å². The molecule has 2 rings (SSSR count). The standard InChI is InChI=1S/C11H9FN2O/c1-7-2-11(12)8(6-15)3-10(7)9-4-13-14-5-9/h2-6H,1H3,(H,13,14). The Morgan fingerprint density at radius 3 is 2.87 bits per heavy atom. The van der Waals surface area contributed by atoms with Crippen molar-refractivity contribution < 1.29 is 9.18 Å². The highest BCUT2D eigenvalue weighted by Gasteiger charge is 2.08. The molecule has 1 aromatic carbocycles. The monoisotopic (exact) mass is 204 g/mol. The lowest BCUT2D eigenvalue weighted by atomic mass is 10.0. The van der Waals surface area contributed by atoms with Crippen molar-refractivity contribution in [2.45, 2.75) is 6.92 Å². The number of halogens is 1. The van der Waals surface area contributed by atoms with E-state index in [1.807, 2.05) is 0 Å². The molecule has 0 amide bonds. The highest BCUT2D eigenvalue weighted by molar-refractivity contribution is 5.80. The summed E-state index contributed by atoms with van der Waals surface area (Å²) >= 11 is 0. The fraction of sp³-hybridized carbons (Fsp3) is 0.0909. The van der Waals surface area contributed by atoms with Crippen molar-refractivity contribution >= 4 is 6.29 Å². The zero-order valence-electron chi connectivity index (χ0n) is 8.12. The Labute approximate surface area is 85.9 Å². The summed E-state index contributed by atoms with van der Waals surface area (Å²) < 4.78 is 13.2. The van der Waals surface area contributed by atoms with Crippen LogP contribution in [0.1, 0.15) is 15.9 Å². The lowest BCUT2D eigenvalue weighted by molar-refractivity contribution is 0.112. The fourth-order valence-electron chi connectivity index (χ4n) is 1.49. The van der Waals surface area contributed by atoms with Gasteiger partial charge in [0.1, 0.15) is 5.82 Å². The first-order valence-corrected chi connectivity index (χ1v) is 4.47. The van der Waals surface area contributed by atoms with Crippen LogP contribution in [0, 0.1) is 12.7 Å². The smallest absolute Gasteiger partial charge is 0.153 e. The maximum atomic E-state index is 13.2. The van der Waals surface area contributed by atoms with Crippen molar-refractivity contribution in [3.8, 4) is 11.1 Å². The molecule has 1 heterocycles. The van der Waals surface area contributed by atoms with Crippen LogP contribution in [0.4, 0.5) is 4.39 Å². The average molecular weight is 204 g/mol. The molecule has 0 bridgehead atoms. The van der Waals surface area contributed by atoms with Crippen LogP contribution in [0.5, 0.6) is 0 Å². The second kappa shape index (κ2) is 3.65. The number of nitrogens with zero attached hydrogens (tertiary/aromatic N) is 1. The molecule has 4 heteroatoms. The van der Waals surface area contributed by atoms with Crippen molar-refractivity contribution in [1.82, 2.24) is 10.2 Å². The number of aryl methyl sites for hydroxylation is 1. The molecule has 0 atom stereocenters. The first-order chi connectivity index (χ1) is 7.22. The number of aldehydes is 1. The van der Waals surface area contributed by atoms with Gasteiger partial charge in [-0.1, -0.05) is 0 Å². The SMILES string of the molecule is Cc1cc(F)c(C=O)cc1-c1cn[nH]c1. The van der Waals surface area contributed by atoms with Gasteiger partial charge in [0.2, 0.25) is 0 Å². The number of hydrogen-bond donors (Lipinski definition) is 1. The molecule has 0 fully saturated rings. The third-order valence-electron chi connectivity index (χ3n) is 2.28. The van der Waals surface area contributed by atoms with Gasteiger partial charge in [0.15, 0.2) is 6.29 Å². The number of carbonyl (C=O) groups excluding carboxylic acids is 1. The Morgan fingerprint density at radius 2 is 2.27 bits per heavy atom. The molecule has 0 spiro atoms. The van der Waals surface area contributed by atoms with Gasteiger partial charge in [-0.2, -0.15) is 5.10 Å². The Morgan fingerprint density at radius 1 is 1.47 bits per heavy atom. The molecule has 0 aliphatic heterocycles. The summed E-state index contributed by atoms with van der Waals surface area (Å²) in [7, 11) is 0. The Kier molecular flexibility index (Phi) is 2.33. The predicted octanol–water partition coefficient (Wildman–Crippen LogP) is 2.34. The number of hydrogen-bond acceptors (Lipinski definition) is 2. The number of H-pyrrole nitrogens is 1. The van der Waals surface area contributed by atoms with E-state index in [9.17, 15) is 9.18 Å². The second-order valence-corrected chi connectivity index (χ2v) is 3.29. The van der Waals surface area contributed by atoms with Crippen LogP contribution in [0.25, 0.3) is 11.1 Å². The van der Waals surface area contributed by atoms with Crippen molar-refractivity contribution in [3.63, 3.8) is 0 Å². The number of aromatic amines is 1. The number of rotatable bonds is 2. The maximum absolute atomic E-state index is 13.2. The third-order valence-corrected chi connectivity index (χ3v) is 2.28. The molecule has 1 N–H and O–H groups in total. The van der Waals surface area contributed by atoms with E-state index in [0.717, 1.165) is 16.7 Å². The summed E-state index contributed by atoms with van der Waals surface area (Å²) in [5, 5.41) is 6.49. The molecule has 0 unspecified atom stereocenters. The summed E-state index contributed by atoms with van der Waals surface area (Å²) in [6.45, 7) is 1.79. The Hall–Kier alpha value is -1.97. The van der Waals surface area contributed by atoms with Crippen LogP contribution < -0.4 is 0 Å². The molecule has 2 aromatic rings. The highest BCUT2D eigenvalue weighted by Crippen LogP contribution is 2.24. The van der Waals surface area contributed by atoms with Gasteiger partial charge >= 0.3 is 0 Å². The van der Waals surface area contributed by atoms with Gasteiger partial charge in [-0.15, -0.1) is 0 Å². The fourth-order valence-corrected chi connectivity index (χ4v) is 1.49. The van der Waals surface area contributed by atoms with E-state index >= 15 is 0 Å². The van der Waals surface area contributed by atoms with Gasteiger partial charge in [-0.3, -0.25) is 9.89 Å². The van der Waals surface area contributed by atoms with Crippen molar-refractivity contribution in [2.75, 3.05) is 0 Å². The van der Waals surface area contributed by atoms with Gasteiger partial charge < -0.3 is 0 Å². The number of benzene rings is 1. The third kappa shape index (κ3) is 1.66. The van der Waals surface area contributed by atoms with Crippen LogP contribution in [0.15, 0.2) is 24.5 Å². The quantitative estimate of drug-likeness (QED) is 0.763. The Bertz CT molecular complexity index is 492. The van der Waals surface area contributed by atoms with E-state index in [-0.39, 0.29) is 5.56 Å². The van der Waals surface area contributed by atoms with Crippen molar-refractivity contribution in [3.05, 3.63) is 41.5 Å². The van der Waals surface area contributed by atoms with E-state index in [2.05, 4.69) is 10.2 Å². The summed E-state index contributed by atoms with van der Waals surface area (Å²) in [4.78, 5) is 10.6. The largest absolute Gasteiger partial charge is 0.298 e. The van der Waals surface area contributed by atoms with Gasteiger partial charge in [-0.05, 0) is 30.2 Å². The van der Waals surface area contributed by atoms with Gasteiger partial charge in [0, 0.05) is 11.8 Å². The minimum Gasteiger partial charge on any atom is -0.298 e. The zero-order chi connectivity index (χ0) is 10.8. The lowest BCUT2D eigenvalue weighted by Crippen LogP contribution is -1.91. The summed E-state index contributed by atoms with van der Waals surface area (Å²) in [6.07, 6.45) is 3.85. The lowest BCUT2D eigenvalue weighted by Gasteiger charge is -2.04. The Balaban J connectivity index is 2.62. The van der Waals surface area contributed by atoms with E-state index in [4.69, 9.17) is 0 Å². The second-order valence-electron chi connectivity index (χ2n) is 3.29. The molecule has 76 valence electrons. The van der Waals surface area contributed by atoms with E-state index < -0.39 is 5.82 Å². The first kappa shape index (κ1) is 9.58. The van der Waals surface area contributed by atoms with Gasteiger partial charge in [0.05, 0.1) is 11.8 Å².